The number of halogens is 1. The molecule has 0 saturated carbocycles. The highest BCUT2D eigenvalue weighted by Crippen LogP contribution is 2.21. The summed E-state index contributed by atoms with van der Waals surface area (Å²) >= 11 is 2.38. The Balaban J connectivity index is 2.02. The van der Waals surface area contributed by atoms with Gasteiger partial charge >= 0.3 is 0 Å². The number of rotatable bonds is 6. The number of amides is 1. The fraction of sp³-hybridized carbons (Fsp3) is 0.438. The molecular formula is C16H21IN2O. The third kappa shape index (κ3) is 3.75. The van der Waals surface area contributed by atoms with Crippen LogP contribution in [0.15, 0.2) is 18.2 Å². The SMILES string of the molecule is Cc1cc(C)c2cc(C(=O)NCCCCCI)[nH]c2c1. The van der Waals surface area contributed by atoms with Crippen LogP contribution < -0.4 is 5.32 Å². The molecule has 0 aliphatic rings. The highest BCUT2D eigenvalue weighted by molar-refractivity contribution is 14.1. The van der Waals surface area contributed by atoms with Crippen molar-refractivity contribution in [2.75, 3.05) is 11.0 Å². The lowest BCUT2D eigenvalue weighted by Crippen LogP contribution is -2.24. The number of benzene rings is 1. The van der Waals surface area contributed by atoms with Gasteiger partial charge in [-0.3, -0.25) is 4.79 Å². The third-order valence-corrected chi connectivity index (χ3v) is 4.19. The quantitative estimate of drug-likeness (QED) is 0.439. The number of aromatic amines is 1. The zero-order valence-corrected chi connectivity index (χ0v) is 14.2. The van der Waals surface area contributed by atoms with Crippen LogP contribution in [0.25, 0.3) is 10.9 Å². The molecule has 0 fully saturated rings. The van der Waals surface area contributed by atoms with E-state index in [1.807, 2.05) is 6.07 Å². The molecule has 2 rings (SSSR count). The maximum Gasteiger partial charge on any atom is 0.267 e. The first-order valence-corrected chi connectivity index (χ1v) is 8.58. The van der Waals surface area contributed by atoms with E-state index in [0.29, 0.717) is 5.69 Å². The molecule has 108 valence electrons. The summed E-state index contributed by atoms with van der Waals surface area (Å²) in [6.07, 6.45) is 3.45. The number of carbonyl (C=O) groups excluding carboxylic acids is 1. The smallest absolute Gasteiger partial charge is 0.267 e. The van der Waals surface area contributed by atoms with Crippen LogP contribution in [0.3, 0.4) is 0 Å². The molecule has 0 radical (unpaired) electrons. The Labute approximate surface area is 133 Å². The van der Waals surface area contributed by atoms with Gasteiger partial charge in [0, 0.05) is 17.4 Å². The third-order valence-electron chi connectivity index (χ3n) is 3.43. The minimum atomic E-state index is -0.00673. The van der Waals surface area contributed by atoms with E-state index < -0.39 is 0 Å². The molecule has 2 aromatic rings. The van der Waals surface area contributed by atoms with Gasteiger partial charge in [0.25, 0.3) is 5.91 Å². The number of carbonyl (C=O) groups is 1. The molecule has 0 unspecified atom stereocenters. The van der Waals surface area contributed by atoms with Crippen molar-refractivity contribution < 1.29 is 4.79 Å². The number of nitrogens with one attached hydrogen (secondary N) is 2. The first-order chi connectivity index (χ1) is 9.61. The highest BCUT2D eigenvalue weighted by atomic mass is 127. The van der Waals surface area contributed by atoms with Crippen molar-refractivity contribution in [2.24, 2.45) is 0 Å². The predicted octanol–water partition coefficient (Wildman–Crippen LogP) is 4.12. The van der Waals surface area contributed by atoms with Gasteiger partial charge in [0.05, 0.1) is 0 Å². The Kier molecular flexibility index (Phi) is 5.46. The average molecular weight is 384 g/mol. The van der Waals surface area contributed by atoms with E-state index in [-0.39, 0.29) is 5.91 Å². The van der Waals surface area contributed by atoms with E-state index in [9.17, 15) is 4.79 Å². The van der Waals surface area contributed by atoms with Gasteiger partial charge in [-0.25, -0.2) is 0 Å². The molecule has 1 amide bonds. The van der Waals surface area contributed by atoms with Crippen LogP contribution in [-0.2, 0) is 0 Å². The number of aryl methyl sites for hydroxylation is 2. The molecule has 20 heavy (non-hydrogen) atoms. The summed E-state index contributed by atoms with van der Waals surface area (Å²) in [5.74, 6) is -0.00673. The van der Waals surface area contributed by atoms with E-state index in [4.69, 9.17) is 0 Å². The van der Waals surface area contributed by atoms with Crippen LogP contribution in [0.4, 0.5) is 0 Å². The Bertz CT molecular complexity index is 604. The maximum absolute atomic E-state index is 12.1. The number of H-pyrrole nitrogens is 1. The van der Waals surface area contributed by atoms with Gasteiger partial charge in [0.15, 0.2) is 0 Å². The standard InChI is InChI=1S/C16H21IN2O/c1-11-8-12(2)13-10-15(19-14(13)9-11)16(20)18-7-5-3-4-6-17/h8-10,19H,3-7H2,1-2H3,(H,18,20). The molecule has 3 nitrogen and oxygen atoms in total. The second-order valence-corrected chi connectivity index (χ2v) is 6.31. The van der Waals surface area contributed by atoms with Crippen molar-refractivity contribution in [3.05, 3.63) is 35.0 Å². The molecule has 0 aliphatic carbocycles. The lowest BCUT2D eigenvalue weighted by molar-refractivity contribution is 0.0949. The summed E-state index contributed by atoms with van der Waals surface area (Å²) in [5.41, 5.74) is 4.11. The molecule has 0 saturated heterocycles. The molecular weight excluding hydrogens is 363 g/mol. The topological polar surface area (TPSA) is 44.9 Å². The van der Waals surface area contributed by atoms with Gasteiger partial charge < -0.3 is 10.3 Å². The van der Waals surface area contributed by atoms with Crippen molar-refractivity contribution >= 4 is 39.4 Å². The van der Waals surface area contributed by atoms with Gasteiger partial charge in [0.2, 0.25) is 0 Å². The molecule has 1 aromatic carbocycles. The van der Waals surface area contributed by atoms with E-state index in [2.05, 4.69) is 58.9 Å². The first-order valence-electron chi connectivity index (χ1n) is 7.06. The number of fused-ring (bicyclic) bond motifs is 1. The minimum Gasteiger partial charge on any atom is -0.351 e. The molecule has 1 aromatic heterocycles. The lowest BCUT2D eigenvalue weighted by Gasteiger charge is -2.02. The van der Waals surface area contributed by atoms with E-state index >= 15 is 0 Å². The predicted molar refractivity (Wildman–Crippen MR) is 92.8 cm³/mol. The zero-order chi connectivity index (χ0) is 14.5. The van der Waals surface area contributed by atoms with Crippen molar-refractivity contribution in [3.8, 4) is 0 Å². The Hall–Kier alpha value is -1.04. The second-order valence-electron chi connectivity index (χ2n) is 5.23. The number of alkyl halides is 1. The Morgan fingerprint density at radius 1 is 1.20 bits per heavy atom. The summed E-state index contributed by atoms with van der Waals surface area (Å²) in [7, 11) is 0. The normalized spacial score (nSPS) is 10.9. The summed E-state index contributed by atoms with van der Waals surface area (Å²) < 4.78 is 1.19. The minimum absolute atomic E-state index is 0.00673. The summed E-state index contributed by atoms with van der Waals surface area (Å²) in [6.45, 7) is 4.90. The van der Waals surface area contributed by atoms with E-state index in [0.717, 1.165) is 23.9 Å². The van der Waals surface area contributed by atoms with Crippen LogP contribution in [0.1, 0.15) is 40.9 Å². The molecule has 0 atom stereocenters. The summed E-state index contributed by atoms with van der Waals surface area (Å²) in [6, 6.07) is 6.17. The monoisotopic (exact) mass is 384 g/mol. The van der Waals surface area contributed by atoms with Crippen LogP contribution >= 0.6 is 22.6 Å². The molecule has 0 aliphatic heterocycles. The first kappa shape index (κ1) is 15.4. The number of unbranched alkanes of at least 4 members (excludes halogenated alkanes) is 2. The van der Waals surface area contributed by atoms with Crippen molar-refractivity contribution in [1.82, 2.24) is 10.3 Å². The molecule has 2 N–H and O–H groups in total. The van der Waals surface area contributed by atoms with Gasteiger partial charge in [-0.05, 0) is 54.4 Å². The number of hydrogen-bond acceptors (Lipinski definition) is 1. The van der Waals surface area contributed by atoms with Gasteiger partial charge in [-0.2, -0.15) is 0 Å². The van der Waals surface area contributed by atoms with Crippen molar-refractivity contribution in [2.45, 2.75) is 33.1 Å². The highest BCUT2D eigenvalue weighted by Gasteiger charge is 2.10. The second kappa shape index (κ2) is 7.11. The number of aromatic nitrogens is 1. The van der Waals surface area contributed by atoms with Crippen LogP contribution in [0, 0.1) is 13.8 Å². The Morgan fingerprint density at radius 2 is 2.00 bits per heavy atom. The fourth-order valence-corrected chi connectivity index (χ4v) is 2.95. The number of hydrogen-bond donors (Lipinski definition) is 2. The van der Waals surface area contributed by atoms with Gasteiger partial charge in [-0.15, -0.1) is 0 Å². The van der Waals surface area contributed by atoms with Crippen molar-refractivity contribution in [1.29, 1.82) is 0 Å². The summed E-state index contributed by atoms with van der Waals surface area (Å²) in [5, 5.41) is 4.11. The average Bonchev–Trinajstić information content (AvgIpc) is 2.82. The lowest BCUT2D eigenvalue weighted by atomic mass is 10.1. The van der Waals surface area contributed by atoms with Gasteiger partial charge in [-0.1, -0.05) is 35.1 Å². The maximum atomic E-state index is 12.1. The van der Waals surface area contributed by atoms with E-state index in [1.165, 1.54) is 28.4 Å². The molecule has 0 spiro atoms. The fourth-order valence-electron chi connectivity index (χ4n) is 2.42. The molecule has 1 heterocycles. The summed E-state index contributed by atoms with van der Waals surface area (Å²) in [4.78, 5) is 15.3. The Morgan fingerprint density at radius 3 is 2.75 bits per heavy atom. The molecule has 4 heteroatoms. The van der Waals surface area contributed by atoms with Crippen LogP contribution in [-0.4, -0.2) is 21.9 Å². The van der Waals surface area contributed by atoms with Crippen LogP contribution in [0.2, 0.25) is 0 Å². The largest absolute Gasteiger partial charge is 0.351 e. The van der Waals surface area contributed by atoms with Crippen molar-refractivity contribution in [3.63, 3.8) is 0 Å². The van der Waals surface area contributed by atoms with Gasteiger partial charge in [0.1, 0.15) is 5.69 Å². The van der Waals surface area contributed by atoms with Crippen LogP contribution in [0.5, 0.6) is 0 Å². The zero-order valence-electron chi connectivity index (χ0n) is 12.1. The molecule has 0 bridgehead atoms. The van der Waals surface area contributed by atoms with E-state index in [1.54, 1.807) is 0 Å².